The van der Waals surface area contributed by atoms with Crippen LogP contribution < -0.4 is 5.43 Å². The van der Waals surface area contributed by atoms with Gasteiger partial charge in [0.05, 0.1) is 5.71 Å². The minimum atomic E-state index is 0.726. The first-order chi connectivity index (χ1) is 10.3. The Morgan fingerprint density at radius 3 is 2.67 bits per heavy atom. The Kier molecular flexibility index (Phi) is 3.15. The van der Waals surface area contributed by atoms with Gasteiger partial charge in [-0.3, -0.25) is 5.01 Å². The van der Waals surface area contributed by atoms with E-state index < -0.39 is 0 Å². The van der Waals surface area contributed by atoms with Crippen LogP contribution in [0.2, 0.25) is 0 Å². The molecule has 0 radical (unpaired) electrons. The molecule has 0 aromatic heterocycles. The Hall–Kier alpha value is -1.87. The van der Waals surface area contributed by atoms with Crippen molar-refractivity contribution in [3.8, 4) is 0 Å². The topological polar surface area (TPSA) is 27.6 Å². The Morgan fingerprint density at radius 1 is 1.14 bits per heavy atom. The summed E-state index contributed by atoms with van der Waals surface area (Å²) in [6.45, 7) is 3.11. The quantitative estimate of drug-likeness (QED) is 0.895. The molecule has 1 saturated carbocycles. The van der Waals surface area contributed by atoms with Crippen LogP contribution in [-0.4, -0.2) is 17.3 Å². The van der Waals surface area contributed by atoms with Gasteiger partial charge in [-0.05, 0) is 37.3 Å². The summed E-state index contributed by atoms with van der Waals surface area (Å²) in [4.78, 5) is 4.97. The van der Waals surface area contributed by atoms with Gasteiger partial charge in [0.2, 0.25) is 0 Å². The number of hydrogen-bond donors (Lipinski definition) is 1. The number of nitrogens with one attached hydrogen (secondary N) is 1. The average molecular weight is 279 g/mol. The fourth-order valence-corrected chi connectivity index (χ4v) is 3.64. The molecule has 1 aliphatic carbocycles. The molecule has 2 heterocycles. The Bertz CT molecular complexity index is 634. The van der Waals surface area contributed by atoms with E-state index in [1.54, 1.807) is 0 Å². The third kappa shape index (κ3) is 2.22. The number of fused-ring (bicyclic) bond motifs is 1. The predicted octanol–water partition coefficient (Wildman–Crippen LogP) is 3.62. The molecule has 1 N–H and O–H groups in total. The highest BCUT2D eigenvalue weighted by Gasteiger charge is 2.32. The summed E-state index contributed by atoms with van der Waals surface area (Å²) >= 11 is 0. The number of benzene rings is 1. The van der Waals surface area contributed by atoms with Crippen molar-refractivity contribution in [3.05, 3.63) is 59.1 Å². The first-order valence-corrected chi connectivity index (χ1v) is 7.92. The molecule has 2 aliphatic heterocycles. The largest absolute Gasteiger partial charge is 0.264 e. The van der Waals surface area contributed by atoms with Gasteiger partial charge >= 0.3 is 0 Å². The van der Waals surface area contributed by atoms with Gasteiger partial charge in [0.15, 0.2) is 0 Å². The van der Waals surface area contributed by atoms with Gasteiger partial charge < -0.3 is 0 Å². The van der Waals surface area contributed by atoms with E-state index in [1.165, 1.54) is 42.5 Å². The summed E-state index contributed by atoms with van der Waals surface area (Å²) < 4.78 is 0. The lowest BCUT2D eigenvalue weighted by Gasteiger charge is -2.25. The maximum Gasteiger partial charge on any atom is 0.148 e. The summed E-state index contributed by atoms with van der Waals surface area (Å²) in [5.41, 5.74) is 8.51. The van der Waals surface area contributed by atoms with Gasteiger partial charge in [-0.15, -0.1) is 0 Å². The van der Waals surface area contributed by atoms with Gasteiger partial charge in [0, 0.05) is 17.8 Å². The molecule has 3 aliphatic rings. The number of hydrogen-bond acceptors (Lipinski definition) is 3. The number of rotatable bonds is 2. The number of aliphatic imine (C=N–C) groups is 1. The first-order valence-electron chi connectivity index (χ1n) is 7.92. The smallest absolute Gasteiger partial charge is 0.148 e. The Labute approximate surface area is 126 Å². The number of nitrogens with zero attached hydrogens (tertiary/aromatic N) is 2. The van der Waals surface area contributed by atoms with Crippen LogP contribution in [0.5, 0.6) is 0 Å². The van der Waals surface area contributed by atoms with Crippen LogP contribution >= 0.6 is 0 Å². The van der Waals surface area contributed by atoms with E-state index in [1.807, 2.05) is 0 Å². The molecule has 21 heavy (non-hydrogen) atoms. The second kappa shape index (κ2) is 5.15. The molecule has 108 valence electrons. The summed E-state index contributed by atoms with van der Waals surface area (Å²) in [7, 11) is 0. The summed E-state index contributed by atoms with van der Waals surface area (Å²) in [5.74, 6) is 1.88. The lowest BCUT2D eigenvalue weighted by atomic mass is 9.97. The zero-order chi connectivity index (χ0) is 14.2. The van der Waals surface area contributed by atoms with Crippen LogP contribution in [0, 0.1) is 5.92 Å². The van der Waals surface area contributed by atoms with Gasteiger partial charge in [0.1, 0.15) is 5.82 Å². The Balaban J connectivity index is 1.76. The lowest BCUT2D eigenvalue weighted by molar-refractivity contribution is 0.350. The summed E-state index contributed by atoms with van der Waals surface area (Å²) in [5, 5.41) is 2.17. The normalized spacial score (nSPS) is 22.4. The van der Waals surface area contributed by atoms with E-state index in [0.717, 1.165) is 24.0 Å². The minimum Gasteiger partial charge on any atom is -0.264 e. The maximum atomic E-state index is 4.97. The Morgan fingerprint density at radius 2 is 1.90 bits per heavy atom. The second-order valence-corrected chi connectivity index (χ2v) is 6.15. The van der Waals surface area contributed by atoms with Crippen LogP contribution in [0.1, 0.15) is 38.2 Å². The maximum absolute atomic E-state index is 4.97. The SMILES string of the molecule is CC1=CC(c2ccccc2)=NC2=C(C3CCCC3)CNN12. The van der Waals surface area contributed by atoms with Crippen molar-refractivity contribution >= 4 is 5.71 Å². The van der Waals surface area contributed by atoms with Gasteiger partial charge in [-0.2, -0.15) is 0 Å². The number of allylic oxidation sites excluding steroid dienone is 2. The second-order valence-electron chi connectivity index (χ2n) is 6.15. The van der Waals surface area contributed by atoms with Crippen molar-refractivity contribution in [2.24, 2.45) is 10.9 Å². The molecular weight excluding hydrogens is 258 g/mol. The van der Waals surface area contributed by atoms with Crippen LogP contribution in [0.25, 0.3) is 0 Å². The summed E-state index contributed by atoms with van der Waals surface area (Å²) in [6.07, 6.45) is 7.56. The fourth-order valence-electron chi connectivity index (χ4n) is 3.64. The van der Waals surface area contributed by atoms with E-state index in [0.29, 0.717) is 0 Å². The fraction of sp³-hybridized carbons (Fsp3) is 0.389. The van der Waals surface area contributed by atoms with Crippen LogP contribution in [0.3, 0.4) is 0 Å². The molecule has 0 amide bonds. The molecule has 4 rings (SSSR count). The molecule has 0 unspecified atom stereocenters. The van der Waals surface area contributed by atoms with Gasteiger partial charge in [-0.1, -0.05) is 43.2 Å². The van der Waals surface area contributed by atoms with E-state index in [2.05, 4.69) is 53.8 Å². The third-order valence-corrected chi connectivity index (χ3v) is 4.77. The molecule has 0 spiro atoms. The molecule has 0 bridgehead atoms. The van der Waals surface area contributed by atoms with E-state index in [4.69, 9.17) is 4.99 Å². The molecule has 3 heteroatoms. The van der Waals surface area contributed by atoms with E-state index in [9.17, 15) is 0 Å². The molecule has 0 saturated heterocycles. The molecule has 1 aromatic rings. The monoisotopic (exact) mass is 279 g/mol. The van der Waals surface area contributed by atoms with Crippen LogP contribution in [0.4, 0.5) is 0 Å². The van der Waals surface area contributed by atoms with E-state index >= 15 is 0 Å². The molecular formula is C18H21N3. The van der Waals surface area contributed by atoms with Crippen LogP contribution in [0.15, 0.2) is 58.5 Å². The first kappa shape index (κ1) is 12.8. The van der Waals surface area contributed by atoms with Crippen molar-refractivity contribution in [2.75, 3.05) is 6.54 Å². The van der Waals surface area contributed by atoms with Crippen LogP contribution in [-0.2, 0) is 0 Å². The standard InChI is InChI=1S/C18H21N3/c1-13-11-17(15-9-3-2-4-10-15)20-18-16(12-19-21(13)18)14-7-5-6-8-14/h2-4,9-11,14,19H,5-8,12H2,1H3. The molecule has 1 aromatic carbocycles. The van der Waals surface area contributed by atoms with Crippen molar-refractivity contribution in [3.63, 3.8) is 0 Å². The van der Waals surface area contributed by atoms with Crippen molar-refractivity contribution in [1.29, 1.82) is 0 Å². The minimum absolute atomic E-state index is 0.726. The lowest BCUT2D eigenvalue weighted by Crippen LogP contribution is -2.32. The number of hydrazine groups is 1. The molecule has 3 nitrogen and oxygen atoms in total. The molecule has 1 fully saturated rings. The van der Waals surface area contributed by atoms with Gasteiger partial charge in [0.25, 0.3) is 0 Å². The van der Waals surface area contributed by atoms with E-state index in [-0.39, 0.29) is 0 Å². The van der Waals surface area contributed by atoms with Crippen molar-refractivity contribution in [1.82, 2.24) is 10.4 Å². The van der Waals surface area contributed by atoms with Gasteiger partial charge in [-0.25, -0.2) is 10.4 Å². The average Bonchev–Trinajstić information content (AvgIpc) is 3.16. The zero-order valence-electron chi connectivity index (χ0n) is 12.5. The predicted molar refractivity (Wildman–Crippen MR) is 85.6 cm³/mol. The third-order valence-electron chi connectivity index (χ3n) is 4.77. The van der Waals surface area contributed by atoms with Crippen molar-refractivity contribution < 1.29 is 0 Å². The highest BCUT2D eigenvalue weighted by molar-refractivity contribution is 6.10. The zero-order valence-corrected chi connectivity index (χ0v) is 12.5. The highest BCUT2D eigenvalue weighted by atomic mass is 15.6. The van der Waals surface area contributed by atoms with Crippen molar-refractivity contribution in [2.45, 2.75) is 32.6 Å². The highest BCUT2D eigenvalue weighted by Crippen LogP contribution is 2.37. The summed E-state index contributed by atoms with van der Waals surface area (Å²) in [6, 6.07) is 10.5. The molecule has 0 atom stereocenters.